The van der Waals surface area contributed by atoms with Gasteiger partial charge in [-0.2, -0.15) is 0 Å². The van der Waals surface area contributed by atoms with Gasteiger partial charge in [-0.25, -0.2) is 0 Å². The maximum absolute atomic E-state index is 11.3. The molecule has 1 amide bonds. The number of halogens is 1. The summed E-state index contributed by atoms with van der Waals surface area (Å²) >= 11 is 5.84. The summed E-state index contributed by atoms with van der Waals surface area (Å²) in [6, 6.07) is 7.64. The average molecular weight is 269 g/mol. The molecule has 0 aliphatic carbocycles. The van der Waals surface area contributed by atoms with E-state index in [1.165, 1.54) is 5.56 Å². The number of benzene rings is 1. The Morgan fingerprint density at radius 1 is 1.28 bits per heavy atom. The van der Waals surface area contributed by atoms with E-state index in [0.717, 1.165) is 11.4 Å². The Labute approximate surface area is 114 Å². The molecule has 1 rings (SSSR count). The van der Waals surface area contributed by atoms with E-state index >= 15 is 0 Å². The third kappa shape index (κ3) is 4.67. The van der Waals surface area contributed by atoms with Crippen LogP contribution in [0.5, 0.6) is 0 Å². The van der Waals surface area contributed by atoms with Crippen LogP contribution in [0.3, 0.4) is 0 Å². The van der Waals surface area contributed by atoms with Crippen molar-refractivity contribution in [3.05, 3.63) is 34.9 Å². The van der Waals surface area contributed by atoms with Crippen LogP contribution in [-0.4, -0.2) is 18.0 Å². The second kappa shape index (κ2) is 6.76. The molecular weight excluding hydrogens is 248 g/mol. The predicted molar refractivity (Wildman–Crippen MR) is 75.6 cm³/mol. The van der Waals surface area contributed by atoms with Gasteiger partial charge in [-0.1, -0.05) is 37.6 Å². The zero-order valence-electron chi connectivity index (χ0n) is 11.1. The summed E-state index contributed by atoms with van der Waals surface area (Å²) in [6.45, 7) is 6.02. The topological polar surface area (TPSA) is 55.1 Å². The lowest BCUT2D eigenvalue weighted by Crippen LogP contribution is -2.49. The molecule has 0 spiro atoms. The van der Waals surface area contributed by atoms with Gasteiger partial charge in [-0.05, 0) is 37.0 Å². The molecule has 0 aliphatic heterocycles. The highest BCUT2D eigenvalue weighted by Gasteiger charge is 2.21. The standard InChI is InChI=1S/C14H21ClN2O/c1-9(2)13(14(16)18)17-10(3)8-11-4-6-12(15)7-5-11/h4-7,9-10,13,17H,8H2,1-3H3,(H2,16,18). The highest BCUT2D eigenvalue weighted by Crippen LogP contribution is 2.12. The molecule has 2 atom stereocenters. The van der Waals surface area contributed by atoms with E-state index in [2.05, 4.69) is 5.32 Å². The van der Waals surface area contributed by atoms with Gasteiger partial charge < -0.3 is 11.1 Å². The van der Waals surface area contributed by atoms with Gasteiger partial charge in [-0.3, -0.25) is 4.79 Å². The highest BCUT2D eigenvalue weighted by atomic mass is 35.5. The summed E-state index contributed by atoms with van der Waals surface area (Å²) in [5, 5.41) is 4.00. The molecule has 0 aliphatic rings. The van der Waals surface area contributed by atoms with Crippen LogP contribution in [0.15, 0.2) is 24.3 Å². The van der Waals surface area contributed by atoms with Gasteiger partial charge in [-0.15, -0.1) is 0 Å². The zero-order chi connectivity index (χ0) is 13.7. The Balaban J connectivity index is 2.57. The lowest BCUT2D eigenvalue weighted by atomic mass is 10.0. The summed E-state index contributed by atoms with van der Waals surface area (Å²) in [5.41, 5.74) is 6.57. The number of primary amides is 1. The van der Waals surface area contributed by atoms with Crippen molar-refractivity contribution in [1.29, 1.82) is 0 Å². The van der Waals surface area contributed by atoms with Crippen LogP contribution in [-0.2, 0) is 11.2 Å². The zero-order valence-corrected chi connectivity index (χ0v) is 11.9. The lowest BCUT2D eigenvalue weighted by Gasteiger charge is -2.23. The van der Waals surface area contributed by atoms with Crippen molar-refractivity contribution in [1.82, 2.24) is 5.32 Å². The molecule has 0 fully saturated rings. The molecule has 0 bridgehead atoms. The van der Waals surface area contributed by atoms with Gasteiger partial charge in [0.15, 0.2) is 0 Å². The molecule has 0 aromatic heterocycles. The number of carbonyl (C=O) groups is 1. The third-order valence-corrected chi connectivity index (χ3v) is 3.14. The van der Waals surface area contributed by atoms with Crippen molar-refractivity contribution >= 4 is 17.5 Å². The number of rotatable bonds is 6. The smallest absolute Gasteiger partial charge is 0.234 e. The molecule has 0 saturated carbocycles. The van der Waals surface area contributed by atoms with E-state index in [4.69, 9.17) is 17.3 Å². The molecule has 1 aromatic rings. The highest BCUT2D eigenvalue weighted by molar-refractivity contribution is 6.30. The molecule has 3 N–H and O–H groups in total. The Morgan fingerprint density at radius 3 is 2.28 bits per heavy atom. The van der Waals surface area contributed by atoms with Gasteiger partial charge in [0.2, 0.25) is 5.91 Å². The van der Waals surface area contributed by atoms with Crippen LogP contribution >= 0.6 is 11.6 Å². The van der Waals surface area contributed by atoms with Crippen molar-refractivity contribution in [2.24, 2.45) is 11.7 Å². The van der Waals surface area contributed by atoms with E-state index in [0.29, 0.717) is 0 Å². The van der Waals surface area contributed by atoms with E-state index < -0.39 is 0 Å². The van der Waals surface area contributed by atoms with Crippen molar-refractivity contribution in [3.63, 3.8) is 0 Å². The number of hydrogen-bond acceptors (Lipinski definition) is 2. The maximum atomic E-state index is 11.3. The molecule has 0 heterocycles. The number of hydrogen-bond donors (Lipinski definition) is 2. The average Bonchev–Trinajstić information content (AvgIpc) is 2.28. The Morgan fingerprint density at radius 2 is 1.83 bits per heavy atom. The second-order valence-electron chi connectivity index (χ2n) is 5.02. The van der Waals surface area contributed by atoms with Crippen molar-refractivity contribution < 1.29 is 4.79 Å². The molecule has 4 heteroatoms. The second-order valence-corrected chi connectivity index (χ2v) is 5.46. The number of nitrogens with two attached hydrogens (primary N) is 1. The molecule has 0 saturated heterocycles. The van der Waals surface area contributed by atoms with E-state index in [9.17, 15) is 4.79 Å². The van der Waals surface area contributed by atoms with E-state index in [1.807, 2.05) is 45.0 Å². The van der Waals surface area contributed by atoms with Crippen LogP contribution in [0.2, 0.25) is 5.02 Å². The molecule has 2 unspecified atom stereocenters. The van der Waals surface area contributed by atoms with E-state index in [1.54, 1.807) is 0 Å². The fourth-order valence-electron chi connectivity index (χ4n) is 1.94. The Hall–Kier alpha value is -1.06. The number of carbonyl (C=O) groups excluding carboxylic acids is 1. The van der Waals surface area contributed by atoms with E-state index in [-0.39, 0.29) is 23.9 Å². The first kappa shape index (κ1) is 15.0. The number of nitrogens with one attached hydrogen (secondary N) is 1. The SMILES string of the molecule is CC(Cc1ccc(Cl)cc1)NC(C(N)=O)C(C)C. The summed E-state index contributed by atoms with van der Waals surface area (Å²) < 4.78 is 0. The van der Waals surface area contributed by atoms with Crippen LogP contribution in [0, 0.1) is 5.92 Å². The van der Waals surface area contributed by atoms with Crippen molar-refractivity contribution in [3.8, 4) is 0 Å². The first-order chi connectivity index (χ1) is 8.40. The molecule has 3 nitrogen and oxygen atoms in total. The quantitative estimate of drug-likeness (QED) is 0.832. The largest absolute Gasteiger partial charge is 0.368 e. The third-order valence-electron chi connectivity index (χ3n) is 2.89. The number of amides is 1. The lowest BCUT2D eigenvalue weighted by molar-refractivity contribution is -0.121. The monoisotopic (exact) mass is 268 g/mol. The summed E-state index contributed by atoms with van der Waals surface area (Å²) in [6.07, 6.45) is 0.841. The minimum absolute atomic E-state index is 0.186. The first-order valence-electron chi connectivity index (χ1n) is 6.20. The van der Waals surface area contributed by atoms with Crippen molar-refractivity contribution in [2.75, 3.05) is 0 Å². The summed E-state index contributed by atoms with van der Waals surface area (Å²) in [7, 11) is 0. The van der Waals surface area contributed by atoms with Crippen LogP contribution in [0.25, 0.3) is 0 Å². The van der Waals surface area contributed by atoms with Gasteiger partial charge in [0.25, 0.3) is 0 Å². The molecular formula is C14H21ClN2O. The minimum atomic E-state index is -0.298. The maximum Gasteiger partial charge on any atom is 0.234 e. The van der Waals surface area contributed by atoms with Crippen LogP contribution in [0.4, 0.5) is 0 Å². The Kier molecular flexibility index (Phi) is 5.63. The van der Waals surface area contributed by atoms with Crippen molar-refractivity contribution in [2.45, 2.75) is 39.3 Å². The molecule has 0 radical (unpaired) electrons. The van der Waals surface area contributed by atoms with Gasteiger partial charge in [0.1, 0.15) is 0 Å². The van der Waals surface area contributed by atoms with Crippen LogP contribution < -0.4 is 11.1 Å². The first-order valence-corrected chi connectivity index (χ1v) is 6.57. The van der Waals surface area contributed by atoms with Gasteiger partial charge >= 0.3 is 0 Å². The van der Waals surface area contributed by atoms with Gasteiger partial charge in [0.05, 0.1) is 6.04 Å². The van der Waals surface area contributed by atoms with Gasteiger partial charge in [0, 0.05) is 11.1 Å². The fraction of sp³-hybridized carbons (Fsp3) is 0.500. The summed E-state index contributed by atoms with van der Waals surface area (Å²) in [5.74, 6) is -0.108. The Bertz CT molecular complexity index is 389. The molecule has 1 aromatic carbocycles. The molecule has 18 heavy (non-hydrogen) atoms. The van der Waals surface area contributed by atoms with Crippen LogP contribution in [0.1, 0.15) is 26.3 Å². The normalized spacial score (nSPS) is 14.5. The molecule has 100 valence electrons. The minimum Gasteiger partial charge on any atom is -0.368 e. The fourth-order valence-corrected chi connectivity index (χ4v) is 2.07. The summed E-state index contributed by atoms with van der Waals surface area (Å²) in [4.78, 5) is 11.3. The predicted octanol–water partition coefficient (Wildman–Crippen LogP) is 2.37.